The van der Waals surface area contributed by atoms with Gasteiger partial charge in [-0.05, 0) is 64.8 Å². The molecule has 2 rings (SSSR count). The van der Waals surface area contributed by atoms with E-state index < -0.39 is 11.9 Å². The molecule has 0 bridgehead atoms. The zero-order valence-electron chi connectivity index (χ0n) is 15.9. The minimum atomic E-state index is -1.05. The number of aromatic carboxylic acids is 1. The van der Waals surface area contributed by atoms with Gasteiger partial charge in [-0.2, -0.15) is 0 Å². The first-order chi connectivity index (χ1) is 13.5. The predicted molar refractivity (Wildman–Crippen MR) is 111 cm³/mol. The van der Waals surface area contributed by atoms with E-state index in [1.54, 1.807) is 24.3 Å². The first-order valence-corrected chi connectivity index (χ1v) is 10.3. The van der Waals surface area contributed by atoms with Crippen LogP contribution in [0.3, 0.4) is 0 Å². The molecule has 0 aliphatic rings. The van der Waals surface area contributed by atoms with Crippen molar-refractivity contribution in [1.29, 1.82) is 0 Å². The SMILES string of the molecule is CCCCCCCCOc1ccc(C(=O)Oc2ccc(C(=O)O)cc2Br)cc1. The largest absolute Gasteiger partial charge is 0.494 e. The van der Waals surface area contributed by atoms with Crippen molar-refractivity contribution in [1.82, 2.24) is 0 Å². The Kier molecular flexibility index (Phi) is 9.01. The van der Waals surface area contributed by atoms with Gasteiger partial charge in [0.1, 0.15) is 11.5 Å². The highest BCUT2D eigenvalue weighted by atomic mass is 79.9. The van der Waals surface area contributed by atoms with Gasteiger partial charge in [-0.3, -0.25) is 0 Å². The first kappa shape index (κ1) is 22.0. The maximum atomic E-state index is 12.3. The van der Waals surface area contributed by atoms with E-state index in [0.717, 1.165) is 12.2 Å². The van der Waals surface area contributed by atoms with E-state index in [9.17, 15) is 9.59 Å². The Morgan fingerprint density at radius 3 is 2.21 bits per heavy atom. The fourth-order valence-electron chi connectivity index (χ4n) is 2.64. The third kappa shape index (κ3) is 7.00. The van der Waals surface area contributed by atoms with Crippen molar-refractivity contribution < 1.29 is 24.2 Å². The molecule has 0 radical (unpaired) electrons. The molecule has 0 saturated carbocycles. The van der Waals surface area contributed by atoms with Crippen LogP contribution in [0.2, 0.25) is 0 Å². The molecule has 0 aliphatic heterocycles. The van der Waals surface area contributed by atoms with Gasteiger partial charge in [-0.15, -0.1) is 0 Å². The van der Waals surface area contributed by atoms with Crippen LogP contribution >= 0.6 is 15.9 Å². The third-order valence-electron chi connectivity index (χ3n) is 4.24. The average molecular weight is 449 g/mol. The maximum Gasteiger partial charge on any atom is 0.343 e. The molecule has 0 spiro atoms. The van der Waals surface area contributed by atoms with E-state index in [1.807, 2.05) is 0 Å². The molecule has 150 valence electrons. The van der Waals surface area contributed by atoms with E-state index in [4.69, 9.17) is 14.6 Å². The number of benzene rings is 2. The summed E-state index contributed by atoms with van der Waals surface area (Å²) in [5.41, 5.74) is 0.500. The zero-order valence-corrected chi connectivity index (χ0v) is 17.5. The predicted octanol–water partition coefficient (Wildman–Crippen LogP) is 6.11. The second-order valence-corrected chi connectivity index (χ2v) is 7.33. The molecule has 6 heteroatoms. The molecule has 1 N–H and O–H groups in total. The smallest absolute Gasteiger partial charge is 0.343 e. The van der Waals surface area contributed by atoms with Crippen molar-refractivity contribution >= 4 is 27.9 Å². The number of ether oxygens (including phenoxy) is 2. The summed E-state index contributed by atoms with van der Waals surface area (Å²) in [5.74, 6) is -0.586. The van der Waals surface area contributed by atoms with Gasteiger partial charge in [0, 0.05) is 0 Å². The average Bonchev–Trinajstić information content (AvgIpc) is 2.69. The topological polar surface area (TPSA) is 72.8 Å². The fraction of sp³-hybridized carbons (Fsp3) is 0.364. The summed E-state index contributed by atoms with van der Waals surface area (Å²) in [6.45, 7) is 2.87. The van der Waals surface area contributed by atoms with Crippen molar-refractivity contribution in [3.05, 3.63) is 58.1 Å². The summed E-state index contributed by atoms with van der Waals surface area (Å²) >= 11 is 3.22. The number of hydrogen-bond donors (Lipinski definition) is 1. The van der Waals surface area contributed by atoms with E-state index in [0.29, 0.717) is 16.6 Å². The van der Waals surface area contributed by atoms with Gasteiger partial charge in [0.15, 0.2) is 0 Å². The Balaban J connectivity index is 1.82. The standard InChI is InChI=1S/C22H25BrO5/c1-2-3-4-5-6-7-14-27-18-11-8-16(9-12-18)22(26)28-20-13-10-17(21(24)25)15-19(20)23/h8-13,15H,2-7,14H2,1H3,(H,24,25). The lowest BCUT2D eigenvalue weighted by molar-refractivity contribution is 0.0696. The highest BCUT2D eigenvalue weighted by Gasteiger charge is 2.13. The molecular weight excluding hydrogens is 424 g/mol. The molecule has 28 heavy (non-hydrogen) atoms. The Morgan fingerprint density at radius 2 is 1.57 bits per heavy atom. The Hall–Kier alpha value is -2.34. The Bertz CT molecular complexity index is 786. The molecular formula is C22H25BrO5. The van der Waals surface area contributed by atoms with Gasteiger partial charge < -0.3 is 14.6 Å². The molecule has 0 unspecified atom stereocenters. The molecule has 0 saturated heterocycles. The lowest BCUT2D eigenvalue weighted by Crippen LogP contribution is -2.09. The summed E-state index contributed by atoms with van der Waals surface area (Å²) < 4.78 is 11.4. The van der Waals surface area contributed by atoms with Gasteiger partial charge in [0.05, 0.1) is 22.2 Å². The van der Waals surface area contributed by atoms with Gasteiger partial charge in [-0.25, -0.2) is 9.59 Å². The first-order valence-electron chi connectivity index (χ1n) is 9.49. The van der Waals surface area contributed by atoms with E-state index in [1.165, 1.54) is 50.3 Å². The van der Waals surface area contributed by atoms with Crippen LogP contribution in [0, 0.1) is 0 Å². The number of carboxylic acid groups (broad SMARTS) is 1. The lowest BCUT2D eigenvalue weighted by Gasteiger charge is -2.09. The highest BCUT2D eigenvalue weighted by Crippen LogP contribution is 2.27. The molecule has 0 heterocycles. The van der Waals surface area contributed by atoms with Gasteiger partial charge in [0.25, 0.3) is 0 Å². The minimum absolute atomic E-state index is 0.110. The summed E-state index contributed by atoms with van der Waals surface area (Å²) in [6.07, 6.45) is 7.25. The minimum Gasteiger partial charge on any atom is -0.494 e. The Labute approximate surface area is 173 Å². The number of carbonyl (C=O) groups is 2. The number of rotatable bonds is 11. The van der Waals surface area contributed by atoms with Crippen LogP contribution in [-0.2, 0) is 0 Å². The number of carbonyl (C=O) groups excluding carboxylic acids is 1. The summed E-state index contributed by atoms with van der Waals surface area (Å²) in [6, 6.07) is 11.0. The third-order valence-corrected chi connectivity index (χ3v) is 4.86. The van der Waals surface area contributed by atoms with Crippen molar-refractivity contribution in [2.75, 3.05) is 6.61 Å². The molecule has 2 aromatic rings. The molecule has 0 fully saturated rings. The van der Waals surface area contributed by atoms with Gasteiger partial charge in [-0.1, -0.05) is 39.0 Å². The quantitative estimate of drug-likeness (QED) is 0.255. The van der Waals surface area contributed by atoms with Gasteiger partial charge in [0.2, 0.25) is 0 Å². The molecule has 0 aromatic heterocycles. The summed E-state index contributed by atoms with van der Waals surface area (Å²) in [4.78, 5) is 23.2. The maximum absolute atomic E-state index is 12.3. The molecule has 0 amide bonds. The van der Waals surface area contributed by atoms with Crippen LogP contribution in [0.1, 0.15) is 66.2 Å². The van der Waals surface area contributed by atoms with Gasteiger partial charge >= 0.3 is 11.9 Å². The van der Waals surface area contributed by atoms with Crippen molar-refractivity contribution in [3.8, 4) is 11.5 Å². The monoisotopic (exact) mass is 448 g/mol. The number of unbranched alkanes of at least 4 members (excludes halogenated alkanes) is 5. The summed E-state index contributed by atoms with van der Waals surface area (Å²) in [5, 5.41) is 8.97. The molecule has 2 aromatic carbocycles. The van der Waals surface area contributed by atoms with Crippen molar-refractivity contribution in [2.24, 2.45) is 0 Å². The van der Waals surface area contributed by atoms with Crippen LogP contribution in [0.25, 0.3) is 0 Å². The normalized spacial score (nSPS) is 10.5. The summed E-state index contributed by atoms with van der Waals surface area (Å²) in [7, 11) is 0. The van der Waals surface area contributed by atoms with E-state index in [-0.39, 0.29) is 11.3 Å². The number of hydrogen-bond acceptors (Lipinski definition) is 4. The van der Waals surface area contributed by atoms with Crippen LogP contribution in [-0.4, -0.2) is 23.7 Å². The molecule has 0 atom stereocenters. The second-order valence-electron chi connectivity index (χ2n) is 6.48. The zero-order chi connectivity index (χ0) is 20.4. The van der Waals surface area contributed by atoms with Crippen LogP contribution in [0.15, 0.2) is 46.9 Å². The number of carboxylic acids is 1. The Morgan fingerprint density at radius 1 is 0.929 bits per heavy atom. The van der Waals surface area contributed by atoms with Crippen LogP contribution in [0.5, 0.6) is 11.5 Å². The van der Waals surface area contributed by atoms with Crippen molar-refractivity contribution in [2.45, 2.75) is 45.4 Å². The number of esters is 1. The lowest BCUT2D eigenvalue weighted by atomic mass is 10.1. The van der Waals surface area contributed by atoms with Crippen molar-refractivity contribution in [3.63, 3.8) is 0 Å². The fourth-order valence-corrected chi connectivity index (χ4v) is 3.09. The second kappa shape index (κ2) is 11.5. The number of halogens is 1. The molecule has 0 aliphatic carbocycles. The van der Waals surface area contributed by atoms with Crippen LogP contribution in [0.4, 0.5) is 0 Å². The highest BCUT2D eigenvalue weighted by molar-refractivity contribution is 9.10. The van der Waals surface area contributed by atoms with E-state index >= 15 is 0 Å². The van der Waals surface area contributed by atoms with E-state index in [2.05, 4.69) is 22.9 Å². The molecule has 5 nitrogen and oxygen atoms in total. The van der Waals surface area contributed by atoms with Crippen LogP contribution < -0.4 is 9.47 Å².